The van der Waals surface area contributed by atoms with Gasteiger partial charge in [0.25, 0.3) is 0 Å². The molecule has 4 aliphatic carbocycles. The van der Waals surface area contributed by atoms with Gasteiger partial charge in [-0.1, -0.05) is 0 Å². The summed E-state index contributed by atoms with van der Waals surface area (Å²) < 4.78 is 0. The molecule has 96 valence electrons. The lowest BCUT2D eigenvalue weighted by molar-refractivity contribution is -0.0634. The molecule has 1 aliphatic heterocycles. The van der Waals surface area contributed by atoms with E-state index in [1.54, 1.807) is 32.1 Å². The largest absolute Gasteiger partial charge is 0.315 e. The molecule has 2 nitrogen and oxygen atoms in total. The van der Waals surface area contributed by atoms with Crippen LogP contribution in [0.3, 0.4) is 0 Å². The lowest BCUT2D eigenvalue weighted by Crippen LogP contribution is -2.56. The second-order valence-corrected chi connectivity index (χ2v) is 7.06. The Hall–Kier alpha value is -0.0800. The van der Waals surface area contributed by atoms with Crippen molar-refractivity contribution in [2.24, 2.45) is 23.7 Å². The third-order valence-corrected chi connectivity index (χ3v) is 5.97. The molecule has 1 N–H and O–H groups in total. The summed E-state index contributed by atoms with van der Waals surface area (Å²) in [5.74, 6) is 4.39. The zero-order chi connectivity index (χ0) is 11.2. The highest BCUT2D eigenvalue weighted by Gasteiger charge is 2.49. The van der Waals surface area contributed by atoms with E-state index in [-0.39, 0.29) is 0 Å². The summed E-state index contributed by atoms with van der Waals surface area (Å²) in [6.45, 7) is 5.14. The summed E-state index contributed by atoms with van der Waals surface area (Å²) in [6, 6.07) is 0.975. The van der Waals surface area contributed by atoms with Crippen LogP contribution in [0.5, 0.6) is 0 Å². The number of nitrogens with zero attached hydrogens (tertiary/aromatic N) is 1. The van der Waals surface area contributed by atoms with Gasteiger partial charge in [-0.3, -0.25) is 4.90 Å². The van der Waals surface area contributed by atoms with Crippen LogP contribution in [0.2, 0.25) is 0 Å². The molecule has 5 rings (SSSR count). The lowest BCUT2D eigenvalue weighted by Gasteiger charge is -2.57. The van der Waals surface area contributed by atoms with Crippen LogP contribution in [-0.4, -0.2) is 37.1 Å². The van der Waals surface area contributed by atoms with Crippen LogP contribution >= 0.6 is 0 Å². The average molecular weight is 234 g/mol. The summed E-state index contributed by atoms with van der Waals surface area (Å²) in [4.78, 5) is 2.87. The quantitative estimate of drug-likeness (QED) is 0.747. The first kappa shape index (κ1) is 10.8. The van der Waals surface area contributed by atoms with Gasteiger partial charge in [0.05, 0.1) is 0 Å². The van der Waals surface area contributed by atoms with Crippen molar-refractivity contribution < 1.29 is 0 Å². The van der Waals surface area contributed by atoms with E-state index < -0.39 is 0 Å². The van der Waals surface area contributed by atoms with Gasteiger partial charge in [0.15, 0.2) is 0 Å². The maximum absolute atomic E-state index is 3.56. The molecule has 0 aromatic heterocycles. The highest BCUT2D eigenvalue weighted by molar-refractivity contribution is 5.02. The molecule has 0 amide bonds. The predicted octanol–water partition coefficient (Wildman–Crippen LogP) is 2.11. The molecule has 0 spiro atoms. The molecular formula is C15H26N2. The molecule has 0 aromatic carbocycles. The number of hydrogen-bond donors (Lipinski definition) is 1. The lowest BCUT2D eigenvalue weighted by atomic mass is 9.54. The summed E-state index contributed by atoms with van der Waals surface area (Å²) >= 11 is 0. The van der Waals surface area contributed by atoms with Crippen LogP contribution in [0, 0.1) is 23.7 Å². The Morgan fingerprint density at radius 3 is 2.18 bits per heavy atom. The van der Waals surface area contributed by atoms with Crippen molar-refractivity contribution in [2.45, 2.75) is 44.6 Å². The number of hydrogen-bond acceptors (Lipinski definition) is 2. The fourth-order valence-corrected chi connectivity index (χ4v) is 5.66. The van der Waals surface area contributed by atoms with Gasteiger partial charge >= 0.3 is 0 Å². The van der Waals surface area contributed by atoms with E-state index >= 15 is 0 Å². The second-order valence-electron chi connectivity index (χ2n) is 7.06. The van der Waals surface area contributed by atoms with Crippen molar-refractivity contribution in [2.75, 3.05) is 26.2 Å². The molecular weight excluding hydrogens is 208 g/mol. The number of nitrogens with one attached hydrogen (secondary N) is 1. The average Bonchev–Trinajstić information content (AvgIpc) is 2.56. The Morgan fingerprint density at radius 2 is 1.47 bits per heavy atom. The van der Waals surface area contributed by atoms with Gasteiger partial charge in [-0.15, -0.1) is 0 Å². The highest BCUT2D eigenvalue weighted by atomic mass is 15.2. The first-order valence-electron chi connectivity index (χ1n) is 7.85. The maximum Gasteiger partial charge on any atom is 0.0153 e. The van der Waals surface area contributed by atoms with Crippen molar-refractivity contribution >= 4 is 0 Å². The number of rotatable bonds is 1. The van der Waals surface area contributed by atoms with Gasteiger partial charge in [-0.25, -0.2) is 0 Å². The van der Waals surface area contributed by atoms with Crippen molar-refractivity contribution in [3.05, 3.63) is 0 Å². The van der Waals surface area contributed by atoms with Crippen LogP contribution in [0.15, 0.2) is 0 Å². The predicted molar refractivity (Wildman–Crippen MR) is 69.9 cm³/mol. The third-order valence-electron chi connectivity index (χ3n) is 5.97. The first-order chi connectivity index (χ1) is 8.40. The van der Waals surface area contributed by atoms with Gasteiger partial charge in [0, 0.05) is 19.1 Å². The Labute approximate surface area is 105 Å². The van der Waals surface area contributed by atoms with Crippen LogP contribution in [0.1, 0.15) is 38.5 Å². The van der Waals surface area contributed by atoms with Crippen LogP contribution < -0.4 is 5.32 Å². The minimum atomic E-state index is 0.975. The fraction of sp³-hybridized carbons (Fsp3) is 1.00. The standard InChI is InChI=1S/C15H26N2/c1-2-16-3-5-17(4-1)15-13-7-11-6-12(9-13)10-14(15)8-11/h11-16H,1-10H2. The van der Waals surface area contributed by atoms with Crippen LogP contribution in [0.25, 0.3) is 0 Å². The van der Waals surface area contributed by atoms with Crippen LogP contribution in [-0.2, 0) is 0 Å². The van der Waals surface area contributed by atoms with E-state index in [0.717, 1.165) is 29.7 Å². The normalized spacial score (nSPS) is 50.5. The SMILES string of the molecule is C1CNCCN(C2C3CC4CC(C3)CC2C4)C1. The summed E-state index contributed by atoms with van der Waals surface area (Å²) in [5.41, 5.74) is 0. The van der Waals surface area contributed by atoms with E-state index in [4.69, 9.17) is 0 Å². The van der Waals surface area contributed by atoms with Crippen molar-refractivity contribution in [3.63, 3.8) is 0 Å². The Morgan fingerprint density at radius 1 is 0.765 bits per heavy atom. The van der Waals surface area contributed by atoms with E-state index in [9.17, 15) is 0 Å². The van der Waals surface area contributed by atoms with Gasteiger partial charge < -0.3 is 5.32 Å². The van der Waals surface area contributed by atoms with Crippen molar-refractivity contribution in [3.8, 4) is 0 Å². The Bertz CT molecular complexity index is 253. The topological polar surface area (TPSA) is 15.3 Å². The zero-order valence-corrected chi connectivity index (χ0v) is 10.9. The van der Waals surface area contributed by atoms with Gasteiger partial charge in [-0.2, -0.15) is 0 Å². The van der Waals surface area contributed by atoms with Crippen molar-refractivity contribution in [1.29, 1.82) is 0 Å². The molecule has 5 aliphatic rings. The Balaban J connectivity index is 1.53. The molecule has 1 saturated heterocycles. The van der Waals surface area contributed by atoms with E-state index in [1.165, 1.54) is 32.6 Å². The molecule has 5 fully saturated rings. The molecule has 2 heteroatoms. The molecule has 1 heterocycles. The summed E-state index contributed by atoms with van der Waals surface area (Å²) in [5, 5.41) is 3.56. The molecule has 0 unspecified atom stereocenters. The highest BCUT2D eigenvalue weighted by Crippen LogP contribution is 2.55. The van der Waals surface area contributed by atoms with E-state index in [1.807, 2.05) is 0 Å². The maximum atomic E-state index is 3.56. The molecule has 0 aromatic rings. The van der Waals surface area contributed by atoms with Crippen molar-refractivity contribution in [1.82, 2.24) is 10.2 Å². The molecule has 4 bridgehead atoms. The molecule has 17 heavy (non-hydrogen) atoms. The summed E-state index contributed by atoms with van der Waals surface area (Å²) in [7, 11) is 0. The van der Waals surface area contributed by atoms with Crippen LogP contribution in [0.4, 0.5) is 0 Å². The Kier molecular flexibility index (Phi) is 2.69. The van der Waals surface area contributed by atoms with Gasteiger partial charge in [0.2, 0.25) is 0 Å². The molecule has 4 saturated carbocycles. The summed E-state index contributed by atoms with van der Waals surface area (Å²) in [6.07, 6.45) is 9.23. The van der Waals surface area contributed by atoms with Gasteiger partial charge in [0.1, 0.15) is 0 Å². The second kappa shape index (κ2) is 4.24. The van der Waals surface area contributed by atoms with E-state index in [0.29, 0.717) is 0 Å². The molecule has 0 radical (unpaired) electrons. The fourth-order valence-electron chi connectivity index (χ4n) is 5.66. The smallest absolute Gasteiger partial charge is 0.0153 e. The van der Waals surface area contributed by atoms with E-state index in [2.05, 4.69) is 10.2 Å². The minimum absolute atomic E-state index is 0.975. The minimum Gasteiger partial charge on any atom is -0.315 e. The zero-order valence-electron chi connectivity index (χ0n) is 10.9. The van der Waals surface area contributed by atoms with Gasteiger partial charge in [-0.05, 0) is 75.3 Å². The molecule has 0 atom stereocenters. The first-order valence-corrected chi connectivity index (χ1v) is 7.85. The third kappa shape index (κ3) is 1.84. The monoisotopic (exact) mass is 234 g/mol.